The van der Waals surface area contributed by atoms with Crippen molar-refractivity contribution in [2.24, 2.45) is 0 Å². The van der Waals surface area contributed by atoms with E-state index in [-0.39, 0.29) is 12.4 Å². The van der Waals surface area contributed by atoms with E-state index >= 15 is 0 Å². The quantitative estimate of drug-likeness (QED) is 0.515. The van der Waals surface area contributed by atoms with Gasteiger partial charge in [0.2, 0.25) is 0 Å². The first-order valence-electron chi connectivity index (χ1n) is 10.7. The summed E-state index contributed by atoms with van der Waals surface area (Å²) >= 11 is 0. The van der Waals surface area contributed by atoms with Crippen molar-refractivity contribution in [3.05, 3.63) is 90.0 Å². The van der Waals surface area contributed by atoms with Crippen molar-refractivity contribution in [2.75, 3.05) is 24.5 Å². The van der Waals surface area contributed by atoms with Crippen molar-refractivity contribution in [3.8, 4) is 5.75 Å². The fourth-order valence-corrected chi connectivity index (χ4v) is 4.70. The maximum absolute atomic E-state index is 6.15. The zero-order valence-electron chi connectivity index (χ0n) is 17.2. The third kappa shape index (κ3) is 4.33. The van der Waals surface area contributed by atoms with E-state index in [1.54, 1.807) is 0 Å². The van der Waals surface area contributed by atoms with Crippen molar-refractivity contribution in [2.45, 2.75) is 31.9 Å². The molecule has 0 unspecified atom stereocenters. The molecule has 5 rings (SSSR count). The summed E-state index contributed by atoms with van der Waals surface area (Å²) in [4.78, 5) is 5.17. The van der Waals surface area contributed by atoms with Crippen LogP contribution in [-0.4, -0.2) is 30.6 Å². The van der Waals surface area contributed by atoms with E-state index in [0.29, 0.717) is 12.6 Å². The van der Waals surface area contributed by atoms with Gasteiger partial charge in [-0.2, -0.15) is 0 Å². The average Bonchev–Trinajstić information content (AvgIpc) is 3.16. The van der Waals surface area contributed by atoms with Gasteiger partial charge in [-0.15, -0.1) is 12.4 Å². The largest absolute Gasteiger partial charge is 0.487 e. The smallest absolute Gasteiger partial charge is 0.143 e. The molecule has 4 heteroatoms. The molecule has 3 aromatic rings. The van der Waals surface area contributed by atoms with Gasteiger partial charge < -0.3 is 9.64 Å². The van der Waals surface area contributed by atoms with Gasteiger partial charge in [0.25, 0.3) is 0 Å². The molecule has 2 aliphatic rings. The number of nitrogens with zero attached hydrogens (tertiary/aromatic N) is 2. The third-order valence-electron chi connectivity index (χ3n) is 6.24. The molecule has 0 amide bonds. The third-order valence-corrected chi connectivity index (χ3v) is 6.24. The van der Waals surface area contributed by atoms with Crippen LogP contribution in [0.3, 0.4) is 0 Å². The molecule has 0 saturated carbocycles. The molecule has 0 aliphatic carbocycles. The lowest BCUT2D eigenvalue weighted by atomic mass is 10.1. The Bertz CT molecular complexity index is 915. The molecule has 0 radical (unpaired) electrons. The van der Waals surface area contributed by atoms with Gasteiger partial charge in [-0.3, -0.25) is 4.90 Å². The van der Waals surface area contributed by atoms with Gasteiger partial charge in [-0.1, -0.05) is 60.7 Å². The average molecular weight is 421 g/mol. The Morgan fingerprint density at radius 3 is 2.43 bits per heavy atom. The maximum Gasteiger partial charge on any atom is 0.143 e. The number of para-hydroxylation sites is 3. The van der Waals surface area contributed by atoms with E-state index in [1.165, 1.54) is 41.9 Å². The highest BCUT2D eigenvalue weighted by atomic mass is 35.5. The Morgan fingerprint density at radius 1 is 0.833 bits per heavy atom. The van der Waals surface area contributed by atoms with E-state index in [4.69, 9.17) is 4.74 Å². The number of hydrogen-bond donors (Lipinski definition) is 0. The fourth-order valence-electron chi connectivity index (χ4n) is 4.70. The highest BCUT2D eigenvalue weighted by molar-refractivity contribution is 5.85. The fraction of sp³-hybridized carbons (Fsp3) is 0.308. The van der Waals surface area contributed by atoms with Crippen LogP contribution in [0.15, 0.2) is 78.9 Å². The van der Waals surface area contributed by atoms with E-state index in [0.717, 1.165) is 25.3 Å². The maximum atomic E-state index is 6.15. The van der Waals surface area contributed by atoms with E-state index in [2.05, 4.69) is 88.7 Å². The Kier molecular flexibility index (Phi) is 6.61. The molecule has 2 heterocycles. The van der Waals surface area contributed by atoms with Gasteiger partial charge in [0.15, 0.2) is 0 Å². The minimum Gasteiger partial charge on any atom is -0.487 e. The van der Waals surface area contributed by atoms with Gasteiger partial charge in [-0.25, -0.2) is 0 Å². The molecule has 2 aliphatic heterocycles. The Hall–Kier alpha value is -2.49. The second-order valence-corrected chi connectivity index (χ2v) is 8.06. The van der Waals surface area contributed by atoms with E-state index in [1.807, 2.05) is 0 Å². The standard InChI is InChI=1S/C26H28N2O.ClH/c1-2-9-21(10-3-1)16-18-27-17-8-12-23(27)19-28-24-13-5-4-11-22(24)20-29-26-15-7-6-14-25(26)28;/h1-7,9-11,13-15,23H,8,12,16-20H2;1H/t23-;/m0./s1. The zero-order chi connectivity index (χ0) is 19.5. The number of anilines is 2. The van der Waals surface area contributed by atoms with Crippen LogP contribution in [0.2, 0.25) is 0 Å². The Balaban J connectivity index is 0.00000218. The van der Waals surface area contributed by atoms with Crippen molar-refractivity contribution in [1.29, 1.82) is 0 Å². The molecule has 3 aromatic carbocycles. The summed E-state index contributed by atoms with van der Waals surface area (Å²) in [6.07, 6.45) is 3.66. The molecule has 0 bridgehead atoms. The van der Waals surface area contributed by atoms with Crippen molar-refractivity contribution < 1.29 is 4.74 Å². The number of ether oxygens (including phenoxy) is 1. The number of hydrogen-bond acceptors (Lipinski definition) is 3. The number of benzene rings is 3. The summed E-state index contributed by atoms with van der Waals surface area (Å²) in [6.45, 7) is 3.96. The van der Waals surface area contributed by atoms with Crippen LogP contribution in [0.5, 0.6) is 5.75 Å². The molecule has 30 heavy (non-hydrogen) atoms. The second kappa shape index (κ2) is 9.55. The topological polar surface area (TPSA) is 15.7 Å². The highest BCUT2D eigenvalue weighted by Crippen LogP contribution is 2.40. The molecule has 1 fully saturated rings. The first-order valence-corrected chi connectivity index (χ1v) is 10.7. The van der Waals surface area contributed by atoms with Crippen molar-refractivity contribution >= 4 is 23.8 Å². The monoisotopic (exact) mass is 420 g/mol. The van der Waals surface area contributed by atoms with Crippen LogP contribution in [0.25, 0.3) is 0 Å². The normalized spacial score (nSPS) is 18.0. The minimum absolute atomic E-state index is 0. The predicted octanol–water partition coefficient (Wildman–Crippen LogP) is 5.85. The summed E-state index contributed by atoms with van der Waals surface area (Å²) in [5.74, 6) is 0.984. The number of rotatable bonds is 5. The lowest BCUT2D eigenvalue weighted by molar-refractivity contribution is 0.261. The lowest BCUT2D eigenvalue weighted by Gasteiger charge is -2.32. The van der Waals surface area contributed by atoms with E-state index < -0.39 is 0 Å². The van der Waals surface area contributed by atoms with Crippen LogP contribution in [0.4, 0.5) is 11.4 Å². The number of likely N-dealkylation sites (tertiary alicyclic amines) is 1. The molecular weight excluding hydrogens is 392 g/mol. The first kappa shape index (κ1) is 20.8. The summed E-state index contributed by atoms with van der Waals surface area (Å²) in [5.41, 5.74) is 5.16. The van der Waals surface area contributed by atoms with Crippen LogP contribution in [0, 0.1) is 0 Å². The molecule has 0 aromatic heterocycles. The van der Waals surface area contributed by atoms with Gasteiger partial charge in [0.1, 0.15) is 12.4 Å². The zero-order valence-corrected chi connectivity index (χ0v) is 18.1. The van der Waals surface area contributed by atoms with Crippen LogP contribution < -0.4 is 9.64 Å². The SMILES string of the molecule is Cl.c1ccc(CCN2CCC[C@H]2CN2c3ccccc3COc3ccccc32)cc1. The van der Waals surface area contributed by atoms with Crippen LogP contribution in [-0.2, 0) is 13.0 Å². The predicted molar refractivity (Wildman–Crippen MR) is 126 cm³/mol. The summed E-state index contributed by atoms with van der Waals surface area (Å²) < 4.78 is 6.15. The Labute approximate surface area is 185 Å². The Morgan fingerprint density at radius 2 is 1.57 bits per heavy atom. The van der Waals surface area contributed by atoms with Crippen molar-refractivity contribution in [1.82, 2.24) is 4.90 Å². The van der Waals surface area contributed by atoms with Gasteiger partial charge in [0.05, 0.1) is 5.69 Å². The molecule has 1 saturated heterocycles. The van der Waals surface area contributed by atoms with Crippen LogP contribution >= 0.6 is 12.4 Å². The van der Waals surface area contributed by atoms with Gasteiger partial charge in [0, 0.05) is 30.4 Å². The molecular formula is C26H29ClN2O. The summed E-state index contributed by atoms with van der Waals surface area (Å²) in [5, 5.41) is 0. The summed E-state index contributed by atoms with van der Waals surface area (Å²) in [6, 6.07) is 28.6. The summed E-state index contributed by atoms with van der Waals surface area (Å²) in [7, 11) is 0. The van der Waals surface area contributed by atoms with Crippen molar-refractivity contribution in [3.63, 3.8) is 0 Å². The second-order valence-electron chi connectivity index (χ2n) is 8.06. The highest BCUT2D eigenvalue weighted by Gasteiger charge is 2.29. The molecule has 1 atom stereocenters. The van der Waals surface area contributed by atoms with Crippen LogP contribution in [0.1, 0.15) is 24.0 Å². The number of fused-ring (bicyclic) bond motifs is 2. The van der Waals surface area contributed by atoms with Gasteiger partial charge in [-0.05, 0) is 49.6 Å². The first-order chi connectivity index (χ1) is 14.4. The molecule has 156 valence electrons. The van der Waals surface area contributed by atoms with Gasteiger partial charge >= 0.3 is 0 Å². The minimum atomic E-state index is 0. The molecule has 3 nitrogen and oxygen atoms in total. The molecule has 0 spiro atoms. The lowest BCUT2D eigenvalue weighted by Crippen LogP contribution is -2.39. The molecule has 0 N–H and O–H groups in total. The van der Waals surface area contributed by atoms with E-state index in [9.17, 15) is 0 Å². The number of halogens is 1.